The van der Waals surface area contributed by atoms with E-state index in [1.807, 2.05) is 0 Å². The van der Waals surface area contributed by atoms with Gasteiger partial charge in [-0.15, -0.1) is 0 Å². The lowest BCUT2D eigenvalue weighted by atomic mass is 10.2. The van der Waals surface area contributed by atoms with Crippen LogP contribution in [0.4, 0.5) is 0 Å². The van der Waals surface area contributed by atoms with E-state index in [1.165, 1.54) is 0 Å². The molecule has 1 saturated heterocycles. The zero-order valence-electron chi connectivity index (χ0n) is 6.64. The Kier molecular flexibility index (Phi) is 1.53. The monoisotopic (exact) mass is 129 g/mol. The van der Waals surface area contributed by atoms with Gasteiger partial charge in [-0.05, 0) is 27.8 Å². The van der Waals surface area contributed by atoms with Crippen molar-refractivity contribution in [2.45, 2.75) is 32.5 Å². The molecule has 1 aliphatic heterocycles. The first-order chi connectivity index (χ1) is 4.04. The topological polar surface area (TPSA) is 12.5 Å². The van der Waals surface area contributed by atoms with E-state index in [2.05, 4.69) is 32.7 Å². The van der Waals surface area contributed by atoms with Crippen LogP contribution >= 0.6 is 0 Å². The van der Waals surface area contributed by atoms with Crippen molar-refractivity contribution >= 4 is 0 Å². The third kappa shape index (κ3) is 1.10. The molecule has 1 rings (SSSR count). The minimum absolute atomic E-state index is 0.0422. The number of hydrogen-bond donors (Lipinski definition) is 0. The molecule has 0 amide bonds. The minimum Gasteiger partial charge on any atom is -0.359 e. The molecule has 54 valence electrons. The Morgan fingerprint density at radius 3 is 2.22 bits per heavy atom. The molecule has 2 nitrogen and oxygen atoms in total. The molecule has 0 spiro atoms. The van der Waals surface area contributed by atoms with Gasteiger partial charge in [0.25, 0.3) is 0 Å². The first-order valence-corrected chi connectivity index (χ1v) is 3.41. The second kappa shape index (κ2) is 1.96. The maximum atomic E-state index is 5.49. The number of ether oxygens (including phenoxy) is 1. The van der Waals surface area contributed by atoms with Gasteiger partial charge in [-0.2, -0.15) is 0 Å². The number of rotatable bonds is 0. The van der Waals surface area contributed by atoms with Gasteiger partial charge in [0.15, 0.2) is 0 Å². The smallest absolute Gasteiger partial charge is 0.116 e. The molecule has 0 bridgehead atoms. The molecule has 1 heterocycles. The second-order valence-electron chi connectivity index (χ2n) is 3.22. The highest BCUT2D eigenvalue weighted by Gasteiger charge is 2.34. The highest BCUT2D eigenvalue weighted by atomic mass is 16.5. The predicted octanol–water partition coefficient (Wildman–Crippen LogP) is 1.07. The third-order valence-corrected chi connectivity index (χ3v) is 2.19. The SMILES string of the molecule is C[C@H]1COC(C)(C)N1C. The summed E-state index contributed by atoms with van der Waals surface area (Å²) in [6.07, 6.45) is 0. The lowest BCUT2D eigenvalue weighted by Gasteiger charge is -2.27. The summed E-state index contributed by atoms with van der Waals surface area (Å²) in [5.41, 5.74) is -0.0422. The molecule has 9 heavy (non-hydrogen) atoms. The van der Waals surface area contributed by atoms with Gasteiger partial charge in [0.1, 0.15) is 5.72 Å². The van der Waals surface area contributed by atoms with Gasteiger partial charge in [-0.25, -0.2) is 0 Å². The summed E-state index contributed by atoms with van der Waals surface area (Å²) in [6, 6.07) is 0.569. The zero-order chi connectivity index (χ0) is 7.07. The van der Waals surface area contributed by atoms with Crippen LogP contribution in [0.1, 0.15) is 20.8 Å². The maximum Gasteiger partial charge on any atom is 0.116 e. The van der Waals surface area contributed by atoms with Crippen LogP contribution in [0.25, 0.3) is 0 Å². The molecule has 0 aromatic heterocycles. The fourth-order valence-corrected chi connectivity index (χ4v) is 1.07. The van der Waals surface area contributed by atoms with E-state index in [-0.39, 0.29) is 5.72 Å². The second-order valence-corrected chi connectivity index (χ2v) is 3.22. The van der Waals surface area contributed by atoms with Crippen LogP contribution in [0.15, 0.2) is 0 Å². The standard InChI is InChI=1S/C7H15NO/c1-6-5-9-7(2,3)8(6)4/h6H,5H2,1-4H3/t6-/m0/s1. The molecule has 0 aromatic rings. The van der Waals surface area contributed by atoms with Gasteiger partial charge in [0.05, 0.1) is 6.61 Å². The van der Waals surface area contributed by atoms with Crippen LogP contribution < -0.4 is 0 Å². The molecule has 0 unspecified atom stereocenters. The van der Waals surface area contributed by atoms with Crippen LogP contribution in [0, 0.1) is 0 Å². The van der Waals surface area contributed by atoms with Crippen molar-refractivity contribution in [2.75, 3.05) is 13.7 Å². The summed E-state index contributed by atoms with van der Waals surface area (Å²) < 4.78 is 5.49. The Morgan fingerprint density at radius 1 is 1.56 bits per heavy atom. The van der Waals surface area contributed by atoms with Crippen molar-refractivity contribution in [3.05, 3.63) is 0 Å². The van der Waals surface area contributed by atoms with E-state index in [0.717, 1.165) is 6.61 Å². The van der Waals surface area contributed by atoms with Crippen molar-refractivity contribution in [1.29, 1.82) is 0 Å². The molecule has 0 radical (unpaired) electrons. The Morgan fingerprint density at radius 2 is 2.11 bits per heavy atom. The van der Waals surface area contributed by atoms with Gasteiger partial charge in [0.2, 0.25) is 0 Å². The lowest BCUT2D eigenvalue weighted by molar-refractivity contribution is -0.0408. The Hall–Kier alpha value is -0.0800. The van der Waals surface area contributed by atoms with Crippen molar-refractivity contribution in [2.24, 2.45) is 0 Å². The van der Waals surface area contributed by atoms with E-state index in [1.54, 1.807) is 0 Å². The van der Waals surface area contributed by atoms with Crippen LogP contribution in [0.2, 0.25) is 0 Å². The summed E-state index contributed by atoms with van der Waals surface area (Å²) in [4.78, 5) is 2.24. The van der Waals surface area contributed by atoms with Gasteiger partial charge in [-0.3, -0.25) is 4.90 Å². The lowest BCUT2D eigenvalue weighted by Crippen LogP contribution is -2.39. The largest absolute Gasteiger partial charge is 0.359 e. The van der Waals surface area contributed by atoms with Crippen LogP contribution in [-0.2, 0) is 4.74 Å². The fraction of sp³-hybridized carbons (Fsp3) is 1.00. The van der Waals surface area contributed by atoms with E-state index in [0.29, 0.717) is 6.04 Å². The molecule has 1 fully saturated rings. The quantitative estimate of drug-likeness (QED) is 0.485. The summed E-state index contributed by atoms with van der Waals surface area (Å²) in [6.45, 7) is 7.23. The fourth-order valence-electron chi connectivity index (χ4n) is 1.07. The van der Waals surface area contributed by atoms with Gasteiger partial charge in [-0.1, -0.05) is 0 Å². The Bertz CT molecular complexity index is 111. The number of nitrogens with zero attached hydrogens (tertiary/aromatic N) is 1. The molecule has 2 heteroatoms. The molecule has 0 N–H and O–H groups in total. The summed E-state index contributed by atoms with van der Waals surface area (Å²) in [7, 11) is 2.09. The van der Waals surface area contributed by atoms with E-state index in [4.69, 9.17) is 4.74 Å². The van der Waals surface area contributed by atoms with Crippen LogP contribution in [0.3, 0.4) is 0 Å². The predicted molar refractivity (Wildman–Crippen MR) is 37.3 cm³/mol. The normalized spacial score (nSPS) is 35.3. The van der Waals surface area contributed by atoms with Gasteiger partial charge in [0, 0.05) is 6.04 Å². The molecule has 1 aliphatic rings. The first-order valence-electron chi connectivity index (χ1n) is 3.41. The van der Waals surface area contributed by atoms with E-state index in [9.17, 15) is 0 Å². The van der Waals surface area contributed by atoms with Crippen LogP contribution in [-0.4, -0.2) is 30.3 Å². The number of likely N-dealkylation sites (N-methyl/N-ethyl adjacent to an activating group) is 1. The zero-order valence-corrected chi connectivity index (χ0v) is 6.64. The van der Waals surface area contributed by atoms with Crippen molar-refractivity contribution in [3.8, 4) is 0 Å². The summed E-state index contributed by atoms with van der Waals surface area (Å²) in [5.74, 6) is 0. The minimum atomic E-state index is -0.0422. The van der Waals surface area contributed by atoms with Gasteiger partial charge >= 0.3 is 0 Å². The average Bonchev–Trinajstić information content (AvgIpc) is 1.97. The Balaban J connectivity index is 2.62. The maximum absolute atomic E-state index is 5.49. The summed E-state index contributed by atoms with van der Waals surface area (Å²) >= 11 is 0. The molecule has 0 aliphatic carbocycles. The molecule has 0 saturated carbocycles. The first kappa shape index (κ1) is 7.03. The molecular formula is C7H15NO. The summed E-state index contributed by atoms with van der Waals surface area (Å²) in [5, 5.41) is 0. The van der Waals surface area contributed by atoms with Gasteiger partial charge < -0.3 is 4.74 Å². The molecular weight excluding hydrogens is 114 g/mol. The highest BCUT2D eigenvalue weighted by Crippen LogP contribution is 2.23. The molecule has 1 atom stereocenters. The van der Waals surface area contributed by atoms with Crippen molar-refractivity contribution in [1.82, 2.24) is 4.90 Å². The van der Waals surface area contributed by atoms with Crippen molar-refractivity contribution < 1.29 is 4.74 Å². The average molecular weight is 129 g/mol. The Labute approximate surface area is 56.8 Å². The van der Waals surface area contributed by atoms with Crippen LogP contribution in [0.5, 0.6) is 0 Å². The van der Waals surface area contributed by atoms with E-state index < -0.39 is 0 Å². The van der Waals surface area contributed by atoms with E-state index >= 15 is 0 Å². The molecule has 0 aromatic carbocycles. The highest BCUT2D eigenvalue weighted by molar-refractivity contribution is 4.80. The number of hydrogen-bond acceptors (Lipinski definition) is 2. The third-order valence-electron chi connectivity index (χ3n) is 2.19. The van der Waals surface area contributed by atoms with Crippen molar-refractivity contribution in [3.63, 3.8) is 0 Å².